The fourth-order valence-electron chi connectivity index (χ4n) is 1.60. The van der Waals surface area contributed by atoms with E-state index in [4.69, 9.17) is 19.9 Å². The minimum absolute atomic E-state index is 0.141. The van der Waals surface area contributed by atoms with Crippen LogP contribution in [0.25, 0.3) is 0 Å². The number of ether oxygens (including phenoxy) is 3. The highest BCUT2D eigenvalue weighted by atomic mass is 79.9. The predicted molar refractivity (Wildman–Crippen MR) is 80.9 cm³/mol. The third-order valence-electron chi connectivity index (χ3n) is 2.64. The monoisotopic (exact) mass is 347 g/mol. The van der Waals surface area contributed by atoms with Crippen molar-refractivity contribution in [2.45, 2.75) is 19.1 Å². The molecule has 0 fully saturated rings. The summed E-state index contributed by atoms with van der Waals surface area (Å²) in [5.74, 6) is 0.680. The quantitative estimate of drug-likeness (QED) is 0.667. The van der Waals surface area contributed by atoms with E-state index in [0.29, 0.717) is 19.0 Å². The van der Waals surface area contributed by atoms with Gasteiger partial charge in [0.15, 0.2) is 0 Å². The molecule has 20 heavy (non-hydrogen) atoms. The predicted octanol–water partition coefficient (Wildman–Crippen LogP) is 1.87. The minimum Gasteiger partial charge on any atom is -0.490 e. The number of halogens is 1. The van der Waals surface area contributed by atoms with Crippen LogP contribution in [-0.4, -0.2) is 44.7 Å². The molecule has 0 amide bonds. The van der Waals surface area contributed by atoms with E-state index in [1.807, 2.05) is 25.1 Å². The highest BCUT2D eigenvalue weighted by molar-refractivity contribution is 9.10. The zero-order valence-corrected chi connectivity index (χ0v) is 13.4. The lowest BCUT2D eigenvalue weighted by atomic mass is 10.1. The van der Waals surface area contributed by atoms with Crippen LogP contribution < -0.4 is 10.5 Å². The van der Waals surface area contributed by atoms with Gasteiger partial charge in [-0.05, 0) is 25.1 Å². The van der Waals surface area contributed by atoms with Crippen LogP contribution >= 0.6 is 15.9 Å². The topological polar surface area (TPSA) is 73.9 Å². The molecule has 6 heteroatoms. The smallest absolute Gasteiger partial charge is 0.124 e. The maximum atomic E-state index is 9.76. The second-order valence-electron chi connectivity index (χ2n) is 4.50. The second-order valence-corrected chi connectivity index (χ2v) is 5.42. The molecule has 5 nitrogen and oxygen atoms in total. The summed E-state index contributed by atoms with van der Waals surface area (Å²) in [7, 11) is 1.60. The maximum absolute atomic E-state index is 9.76. The number of hydrogen-bond donors (Lipinski definition) is 2. The fraction of sp³-hybridized carbons (Fsp3) is 0.571. The van der Waals surface area contributed by atoms with Crippen molar-refractivity contribution in [2.24, 2.45) is 5.73 Å². The standard InChI is InChI=1S/C14H22BrNO4/c1-10(16)13-7-11(15)3-4-14(13)20-9-12(17)8-19-6-5-18-2/h3-4,7,10,12,17H,5-6,8-9,16H2,1-2H3. The average molecular weight is 348 g/mol. The molecule has 2 unspecified atom stereocenters. The summed E-state index contributed by atoms with van der Waals surface area (Å²) in [4.78, 5) is 0. The molecule has 2 atom stereocenters. The van der Waals surface area contributed by atoms with Crippen LogP contribution in [0, 0.1) is 0 Å². The molecule has 114 valence electrons. The summed E-state index contributed by atoms with van der Waals surface area (Å²) < 4.78 is 16.6. The van der Waals surface area contributed by atoms with Crippen LogP contribution in [0.5, 0.6) is 5.75 Å². The van der Waals surface area contributed by atoms with Crippen LogP contribution in [0.3, 0.4) is 0 Å². The summed E-state index contributed by atoms with van der Waals surface area (Å²) >= 11 is 3.40. The summed E-state index contributed by atoms with van der Waals surface area (Å²) in [5, 5.41) is 9.76. The molecule has 3 N–H and O–H groups in total. The van der Waals surface area contributed by atoms with Crippen molar-refractivity contribution in [2.75, 3.05) is 33.5 Å². The number of hydrogen-bond acceptors (Lipinski definition) is 5. The van der Waals surface area contributed by atoms with Gasteiger partial charge in [-0.25, -0.2) is 0 Å². The molecule has 0 bridgehead atoms. The Labute approximate surface area is 128 Å². The molecule has 0 radical (unpaired) electrons. The number of rotatable bonds is 9. The van der Waals surface area contributed by atoms with Crippen molar-refractivity contribution in [1.82, 2.24) is 0 Å². The van der Waals surface area contributed by atoms with Crippen molar-refractivity contribution < 1.29 is 19.3 Å². The van der Waals surface area contributed by atoms with E-state index < -0.39 is 6.10 Å². The highest BCUT2D eigenvalue weighted by Crippen LogP contribution is 2.27. The molecular weight excluding hydrogens is 326 g/mol. The van der Waals surface area contributed by atoms with Gasteiger partial charge in [-0.3, -0.25) is 0 Å². The molecule has 0 saturated heterocycles. The Bertz CT molecular complexity index is 401. The molecular formula is C14H22BrNO4. The first-order valence-electron chi connectivity index (χ1n) is 6.47. The minimum atomic E-state index is -0.684. The van der Waals surface area contributed by atoms with Crippen LogP contribution in [0.1, 0.15) is 18.5 Å². The lowest BCUT2D eigenvalue weighted by Gasteiger charge is -2.17. The normalized spacial score (nSPS) is 14.1. The van der Waals surface area contributed by atoms with E-state index in [1.54, 1.807) is 7.11 Å². The van der Waals surface area contributed by atoms with Crippen LogP contribution in [0.15, 0.2) is 22.7 Å². The molecule has 0 aliphatic heterocycles. The van der Waals surface area contributed by atoms with Gasteiger partial charge in [-0.1, -0.05) is 15.9 Å². The first kappa shape index (κ1) is 17.4. The van der Waals surface area contributed by atoms with Crippen LogP contribution in [0.2, 0.25) is 0 Å². The van der Waals surface area contributed by atoms with Gasteiger partial charge in [0.25, 0.3) is 0 Å². The Kier molecular flexibility index (Phi) is 8.09. The number of aliphatic hydroxyl groups is 1. The first-order chi connectivity index (χ1) is 9.54. The van der Waals surface area contributed by atoms with Crippen molar-refractivity contribution in [3.63, 3.8) is 0 Å². The van der Waals surface area contributed by atoms with Gasteiger partial charge in [-0.15, -0.1) is 0 Å². The van der Waals surface area contributed by atoms with Gasteiger partial charge in [0, 0.05) is 23.2 Å². The molecule has 0 aliphatic carbocycles. The van der Waals surface area contributed by atoms with Crippen LogP contribution in [0.4, 0.5) is 0 Å². The maximum Gasteiger partial charge on any atom is 0.124 e. The number of nitrogens with two attached hydrogens (primary N) is 1. The van der Waals surface area contributed by atoms with E-state index in [2.05, 4.69) is 15.9 Å². The molecule has 1 rings (SSSR count). The largest absolute Gasteiger partial charge is 0.490 e. The van der Waals surface area contributed by atoms with E-state index >= 15 is 0 Å². The molecule has 0 heterocycles. The van der Waals surface area contributed by atoms with E-state index in [9.17, 15) is 5.11 Å². The summed E-state index contributed by atoms with van der Waals surface area (Å²) in [6.45, 7) is 3.23. The molecule has 0 spiro atoms. The summed E-state index contributed by atoms with van der Waals surface area (Å²) in [6, 6.07) is 5.49. The van der Waals surface area contributed by atoms with Crippen molar-refractivity contribution in [1.29, 1.82) is 0 Å². The Morgan fingerprint density at radius 2 is 2.05 bits per heavy atom. The Hall–Kier alpha value is -0.660. The third-order valence-corrected chi connectivity index (χ3v) is 3.13. The van der Waals surface area contributed by atoms with Gasteiger partial charge >= 0.3 is 0 Å². The molecule has 1 aromatic carbocycles. The Morgan fingerprint density at radius 1 is 1.30 bits per heavy atom. The molecule has 0 saturated carbocycles. The Balaban J connectivity index is 2.44. The number of benzene rings is 1. The lowest BCUT2D eigenvalue weighted by molar-refractivity contribution is -0.00435. The number of aliphatic hydroxyl groups excluding tert-OH is 1. The summed E-state index contributed by atoms with van der Waals surface area (Å²) in [6.07, 6.45) is -0.684. The van der Waals surface area contributed by atoms with Gasteiger partial charge in [-0.2, -0.15) is 0 Å². The van der Waals surface area contributed by atoms with Crippen molar-refractivity contribution in [3.8, 4) is 5.75 Å². The zero-order valence-electron chi connectivity index (χ0n) is 11.8. The van der Waals surface area contributed by atoms with E-state index in [0.717, 1.165) is 10.0 Å². The molecule has 1 aromatic rings. The zero-order chi connectivity index (χ0) is 15.0. The third kappa shape index (κ3) is 6.19. The molecule has 0 aromatic heterocycles. The second kappa shape index (κ2) is 9.31. The molecule has 0 aliphatic rings. The lowest BCUT2D eigenvalue weighted by Crippen LogP contribution is -2.25. The van der Waals surface area contributed by atoms with Gasteiger partial charge in [0.05, 0.1) is 19.8 Å². The van der Waals surface area contributed by atoms with Gasteiger partial charge < -0.3 is 25.1 Å². The average Bonchev–Trinajstić information content (AvgIpc) is 2.42. The fourth-order valence-corrected chi connectivity index (χ4v) is 1.98. The van der Waals surface area contributed by atoms with Gasteiger partial charge in [0.1, 0.15) is 18.5 Å². The SMILES string of the molecule is COCCOCC(O)COc1ccc(Br)cc1C(C)N. The highest BCUT2D eigenvalue weighted by Gasteiger charge is 2.11. The van der Waals surface area contributed by atoms with Crippen LogP contribution in [-0.2, 0) is 9.47 Å². The van der Waals surface area contributed by atoms with Crippen molar-refractivity contribution in [3.05, 3.63) is 28.2 Å². The van der Waals surface area contributed by atoms with E-state index in [1.165, 1.54) is 0 Å². The number of methoxy groups -OCH3 is 1. The first-order valence-corrected chi connectivity index (χ1v) is 7.26. The van der Waals surface area contributed by atoms with Crippen molar-refractivity contribution >= 4 is 15.9 Å². The van der Waals surface area contributed by atoms with E-state index in [-0.39, 0.29) is 19.3 Å². The Morgan fingerprint density at radius 3 is 2.70 bits per heavy atom. The van der Waals surface area contributed by atoms with Gasteiger partial charge in [0.2, 0.25) is 0 Å². The summed E-state index contributed by atoms with van der Waals surface area (Å²) in [5.41, 5.74) is 6.80.